The van der Waals surface area contributed by atoms with Gasteiger partial charge in [0.15, 0.2) is 0 Å². The summed E-state index contributed by atoms with van der Waals surface area (Å²) in [6.45, 7) is 2.21. The molecule has 0 spiro atoms. The molecule has 0 radical (unpaired) electrons. The molecule has 7 nitrogen and oxygen atoms in total. The molecular formula is C19H26N2O5S. The van der Waals surface area contributed by atoms with Crippen LogP contribution in [-0.4, -0.2) is 59.2 Å². The Labute approximate surface area is 160 Å². The van der Waals surface area contributed by atoms with Crippen LogP contribution in [0.1, 0.15) is 36.0 Å². The fraction of sp³-hybridized carbons (Fsp3) is 0.526. The first-order valence-corrected chi connectivity index (χ1v) is 10.7. The van der Waals surface area contributed by atoms with E-state index in [-0.39, 0.29) is 16.4 Å². The summed E-state index contributed by atoms with van der Waals surface area (Å²) in [5.41, 5.74) is 1.36. The highest BCUT2D eigenvalue weighted by molar-refractivity contribution is 7.89. The van der Waals surface area contributed by atoms with E-state index in [0.717, 1.165) is 31.3 Å². The number of carbonyl (C=O) groups is 1. The number of nitrogens with zero attached hydrogens (tertiary/aromatic N) is 1. The first kappa shape index (κ1) is 19.9. The summed E-state index contributed by atoms with van der Waals surface area (Å²) in [7, 11) is -2.25. The van der Waals surface area contributed by atoms with Crippen LogP contribution in [0.25, 0.3) is 0 Å². The maximum Gasteiger partial charge on any atom is 0.257 e. The third kappa shape index (κ3) is 4.88. The third-order valence-electron chi connectivity index (χ3n) is 4.88. The standard InChI is InChI=1S/C19H26N2O5S/c1-25-18-8-7-16(13-17(18)19(22)21-9-11-26-12-10-21)27(23,24)20-14-15-5-3-2-4-6-15/h5,7-8,13,20H,2-4,6,9-12,14H2,1H3. The summed E-state index contributed by atoms with van der Waals surface area (Å²) in [5.74, 6) is 0.114. The molecule has 0 bridgehead atoms. The number of sulfonamides is 1. The number of benzene rings is 1. The second-order valence-corrected chi connectivity index (χ2v) is 8.47. The molecule has 1 fully saturated rings. The van der Waals surface area contributed by atoms with Crippen LogP contribution < -0.4 is 9.46 Å². The van der Waals surface area contributed by atoms with E-state index in [1.165, 1.54) is 25.3 Å². The molecule has 2 aliphatic rings. The predicted molar refractivity (Wildman–Crippen MR) is 101 cm³/mol. The van der Waals surface area contributed by atoms with E-state index in [1.807, 2.05) is 0 Å². The fourth-order valence-corrected chi connectivity index (χ4v) is 4.36. The Morgan fingerprint density at radius 2 is 2.04 bits per heavy atom. The average molecular weight is 394 g/mol. The first-order chi connectivity index (χ1) is 13.0. The molecule has 0 atom stereocenters. The molecule has 1 heterocycles. The number of hydrogen-bond donors (Lipinski definition) is 1. The van der Waals surface area contributed by atoms with Crippen LogP contribution >= 0.6 is 0 Å². The lowest BCUT2D eigenvalue weighted by Crippen LogP contribution is -2.40. The normalized spacial score (nSPS) is 18.1. The second-order valence-electron chi connectivity index (χ2n) is 6.70. The van der Waals surface area contributed by atoms with Crippen molar-refractivity contribution in [3.8, 4) is 5.75 Å². The zero-order chi connectivity index (χ0) is 19.3. The van der Waals surface area contributed by atoms with Crippen LogP contribution in [0.4, 0.5) is 0 Å². The van der Waals surface area contributed by atoms with Gasteiger partial charge in [0, 0.05) is 19.6 Å². The molecular weight excluding hydrogens is 368 g/mol. The van der Waals surface area contributed by atoms with Gasteiger partial charge in [0.05, 0.1) is 30.8 Å². The molecule has 0 unspecified atom stereocenters. The van der Waals surface area contributed by atoms with E-state index >= 15 is 0 Å². The van der Waals surface area contributed by atoms with Crippen molar-refractivity contribution in [3.05, 3.63) is 35.4 Å². The van der Waals surface area contributed by atoms with Gasteiger partial charge in [-0.05, 0) is 43.9 Å². The van der Waals surface area contributed by atoms with Gasteiger partial charge in [0.2, 0.25) is 10.0 Å². The van der Waals surface area contributed by atoms with Crippen molar-refractivity contribution in [2.45, 2.75) is 30.6 Å². The highest BCUT2D eigenvalue weighted by Gasteiger charge is 2.24. The lowest BCUT2D eigenvalue weighted by molar-refractivity contribution is 0.0300. The highest BCUT2D eigenvalue weighted by Crippen LogP contribution is 2.25. The largest absolute Gasteiger partial charge is 0.496 e. The maximum absolute atomic E-state index is 12.8. The zero-order valence-corrected chi connectivity index (χ0v) is 16.4. The van der Waals surface area contributed by atoms with Crippen molar-refractivity contribution in [2.75, 3.05) is 40.0 Å². The number of hydrogen-bond acceptors (Lipinski definition) is 5. The molecule has 0 saturated carbocycles. The van der Waals surface area contributed by atoms with E-state index in [1.54, 1.807) is 4.90 Å². The summed E-state index contributed by atoms with van der Waals surface area (Å²) < 4.78 is 38.6. The lowest BCUT2D eigenvalue weighted by Gasteiger charge is -2.27. The third-order valence-corrected chi connectivity index (χ3v) is 6.28. The molecule has 0 aromatic heterocycles. The quantitative estimate of drug-likeness (QED) is 0.746. The van der Waals surface area contributed by atoms with E-state index in [0.29, 0.717) is 38.6 Å². The Morgan fingerprint density at radius 3 is 2.70 bits per heavy atom. The number of nitrogens with one attached hydrogen (secondary N) is 1. The van der Waals surface area contributed by atoms with Gasteiger partial charge in [0.1, 0.15) is 5.75 Å². The van der Waals surface area contributed by atoms with Gasteiger partial charge in [-0.3, -0.25) is 4.79 Å². The molecule has 1 saturated heterocycles. The van der Waals surface area contributed by atoms with Crippen molar-refractivity contribution in [2.24, 2.45) is 0 Å². The van der Waals surface area contributed by atoms with Gasteiger partial charge in [-0.1, -0.05) is 11.6 Å². The summed E-state index contributed by atoms with van der Waals surface area (Å²) >= 11 is 0. The number of carbonyl (C=O) groups excluding carboxylic acids is 1. The number of allylic oxidation sites excluding steroid dienone is 1. The average Bonchev–Trinajstić information content (AvgIpc) is 2.72. The van der Waals surface area contributed by atoms with Crippen molar-refractivity contribution in [1.82, 2.24) is 9.62 Å². The minimum atomic E-state index is -3.71. The summed E-state index contributed by atoms with van der Waals surface area (Å²) in [6, 6.07) is 4.39. The van der Waals surface area contributed by atoms with Gasteiger partial charge in [-0.25, -0.2) is 13.1 Å². The minimum absolute atomic E-state index is 0.0660. The molecule has 1 aliphatic carbocycles. The molecule has 1 aliphatic heterocycles. The number of rotatable bonds is 6. The minimum Gasteiger partial charge on any atom is -0.496 e. The second kappa shape index (κ2) is 8.86. The van der Waals surface area contributed by atoms with Gasteiger partial charge < -0.3 is 14.4 Å². The molecule has 148 valence electrons. The van der Waals surface area contributed by atoms with Crippen LogP contribution in [0.5, 0.6) is 5.75 Å². The summed E-state index contributed by atoms with van der Waals surface area (Å²) in [5, 5.41) is 0. The van der Waals surface area contributed by atoms with Crippen molar-refractivity contribution in [3.63, 3.8) is 0 Å². The van der Waals surface area contributed by atoms with Crippen LogP contribution in [0.2, 0.25) is 0 Å². The number of methoxy groups -OCH3 is 1. The van der Waals surface area contributed by atoms with E-state index in [9.17, 15) is 13.2 Å². The monoisotopic (exact) mass is 394 g/mol. The molecule has 1 aromatic rings. The van der Waals surface area contributed by atoms with Crippen molar-refractivity contribution >= 4 is 15.9 Å². The summed E-state index contributed by atoms with van der Waals surface area (Å²) in [6.07, 6.45) is 6.27. The number of amides is 1. The zero-order valence-electron chi connectivity index (χ0n) is 15.6. The van der Waals surface area contributed by atoms with Crippen LogP contribution in [0.15, 0.2) is 34.7 Å². The Kier molecular flexibility index (Phi) is 6.51. The van der Waals surface area contributed by atoms with Gasteiger partial charge in [-0.2, -0.15) is 0 Å². The van der Waals surface area contributed by atoms with Crippen molar-refractivity contribution < 1.29 is 22.7 Å². The SMILES string of the molecule is COc1ccc(S(=O)(=O)NCC2=CCCCC2)cc1C(=O)N1CCOCC1. The Hall–Kier alpha value is -1.90. The Balaban J connectivity index is 1.80. The Morgan fingerprint density at radius 1 is 1.26 bits per heavy atom. The highest BCUT2D eigenvalue weighted by atomic mass is 32.2. The molecule has 27 heavy (non-hydrogen) atoms. The topological polar surface area (TPSA) is 84.9 Å². The smallest absolute Gasteiger partial charge is 0.257 e. The first-order valence-electron chi connectivity index (χ1n) is 9.24. The van der Waals surface area contributed by atoms with Gasteiger partial charge in [-0.15, -0.1) is 0 Å². The molecule has 1 aromatic carbocycles. The van der Waals surface area contributed by atoms with Gasteiger partial charge in [0.25, 0.3) is 5.91 Å². The van der Waals surface area contributed by atoms with E-state index < -0.39 is 10.0 Å². The molecule has 1 amide bonds. The van der Waals surface area contributed by atoms with Gasteiger partial charge >= 0.3 is 0 Å². The number of morpholine rings is 1. The fourth-order valence-electron chi connectivity index (χ4n) is 3.29. The Bertz CT molecular complexity index is 813. The predicted octanol–water partition coefficient (Wildman–Crippen LogP) is 1.95. The van der Waals surface area contributed by atoms with E-state index in [2.05, 4.69) is 10.8 Å². The van der Waals surface area contributed by atoms with E-state index in [4.69, 9.17) is 9.47 Å². The van der Waals surface area contributed by atoms with Crippen LogP contribution in [-0.2, 0) is 14.8 Å². The van der Waals surface area contributed by atoms with Crippen LogP contribution in [0.3, 0.4) is 0 Å². The molecule has 1 N–H and O–H groups in total. The van der Waals surface area contributed by atoms with Crippen LogP contribution in [0, 0.1) is 0 Å². The van der Waals surface area contributed by atoms with Crippen molar-refractivity contribution in [1.29, 1.82) is 0 Å². The lowest BCUT2D eigenvalue weighted by atomic mass is 10.0. The number of ether oxygens (including phenoxy) is 2. The molecule has 3 rings (SSSR count). The maximum atomic E-state index is 12.8. The molecule has 8 heteroatoms. The summed E-state index contributed by atoms with van der Waals surface area (Å²) in [4.78, 5) is 14.5.